The Balaban J connectivity index is 2.23. The van der Waals surface area contributed by atoms with E-state index in [1.54, 1.807) is 0 Å². The first-order valence-corrected chi connectivity index (χ1v) is 6.83. The molecule has 6 heteroatoms. The van der Waals surface area contributed by atoms with Gasteiger partial charge in [0.05, 0.1) is 5.56 Å². The predicted molar refractivity (Wildman–Crippen MR) is 69.7 cm³/mol. The normalized spacial score (nSPS) is 11.6. The third-order valence-electron chi connectivity index (χ3n) is 2.45. The second kappa shape index (κ2) is 5.84. The third kappa shape index (κ3) is 3.64. The maximum absolute atomic E-state index is 12.9. The van der Waals surface area contributed by atoms with Gasteiger partial charge in [0.2, 0.25) is 0 Å². The Bertz CT molecular complexity index is 537. The molecule has 0 N–H and O–H groups in total. The molecule has 19 heavy (non-hydrogen) atoms. The van der Waals surface area contributed by atoms with Gasteiger partial charge < -0.3 is 4.74 Å². The average molecular weight is 307 g/mol. The van der Waals surface area contributed by atoms with Gasteiger partial charge in [0.1, 0.15) is 12.4 Å². The van der Waals surface area contributed by atoms with Crippen LogP contribution in [0, 0.1) is 0 Å². The summed E-state index contributed by atoms with van der Waals surface area (Å²) in [4.78, 5) is 0.870. The van der Waals surface area contributed by atoms with E-state index in [-0.39, 0.29) is 18.2 Å². The summed E-state index contributed by atoms with van der Waals surface area (Å²) < 4.78 is 44.0. The highest BCUT2D eigenvalue weighted by molar-refractivity contribution is 7.09. The molecular weight excluding hydrogens is 297 g/mol. The predicted octanol–water partition coefficient (Wildman–Crippen LogP) is 5.08. The number of ether oxygens (including phenoxy) is 1. The Hall–Kier alpha value is -1.20. The molecule has 1 aromatic carbocycles. The van der Waals surface area contributed by atoms with Gasteiger partial charge in [0.15, 0.2) is 0 Å². The molecule has 0 spiro atoms. The highest BCUT2D eigenvalue weighted by atomic mass is 35.5. The Morgan fingerprint density at radius 3 is 2.58 bits per heavy atom. The Kier molecular flexibility index (Phi) is 4.37. The minimum atomic E-state index is -4.45. The van der Waals surface area contributed by atoms with Crippen molar-refractivity contribution in [3.63, 3.8) is 0 Å². The summed E-state index contributed by atoms with van der Waals surface area (Å²) in [6.45, 7) is 0.126. The molecule has 0 saturated carbocycles. The molecule has 0 aliphatic heterocycles. The van der Waals surface area contributed by atoms with Gasteiger partial charge in [-0.3, -0.25) is 0 Å². The van der Waals surface area contributed by atoms with Gasteiger partial charge in [-0.05, 0) is 29.1 Å². The molecule has 2 rings (SSSR count). The van der Waals surface area contributed by atoms with E-state index in [1.165, 1.54) is 23.5 Å². The molecule has 1 aromatic heterocycles. The second-order valence-corrected chi connectivity index (χ2v) is 5.13. The Morgan fingerprint density at radius 1 is 1.21 bits per heavy atom. The van der Waals surface area contributed by atoms with Crippen LogP contribution in [0.3, 0.4) is 0 Å². The summed E-state index contributed by atoms with van der Waals surface area (Å²) in [5, 5.41) is 1.85. The molecule has 2 aromatic rings. The smallest absolute Gasteiger partial charge is 0.419 e. The number of hydrogen-bond donors (Lipinski definition) is 0. The number of thiophene rings is 1. The SMILES string of the molecule is FC(F)(F)c1cc(CCl)ccc1OCc1cccs1. The van der Waals surface area contributed by atoms with Crippen LogP contribution in [0.1, 0.15) is 16.0 Å². The quantitative estimate of drug-likeness (QED) is 0.715. The van der Waals surface area contributed by atoms with E-state index in [4.69, 9.17) is 16.3 Å². The van der Waals surface area contributed by atoms with Crippen molar-refractivity contribution >= 4 is 22.9 Å². The first-order chi connectivity index (χ1) is 9.00. The van der Waals surface area contributed by atoms with Gasteiger partial charge in [0.25, 0.3) is 0 Å². The first kappa shape index (κ1) is 14.2. The van der Waals surface area contributed by atoms with Crippen LogP contribution in [0.15, 0.2) is 35.7 Å². The molecule has 1 heterocycles. The van der Waals surface area contributed by atoms with Crippen molar-refractivity contribution < 1.29 is 17.9 Å². The van der Waals surface area contributed by atoms with Crippen molar-refractivity contribution in [2.75, 3.05) is 0 Å². The Morgan fingerprint density at radius 2 is 2.00 bits per heavy atom. The van der Waals surface area contributed by atoms with Crippen molar-refractivity contribution in [1.29, 1.82) is 0 Å². The molecule has 0 aliphatic rings. The van der Waals surface area contributed by atoms with Crippen LogP contribution in [0.25, 0.3) is 0 Å². The summed E-state index contributed by atoms with van der Waals surface area (Å²) in [7, 11) is 0. The number of halogens is 4. The summed E-state index contributed by atoms with van der Waals surface area (Å²) in [6, 6.07) is 7.51. The van der Waals surface area contributed by atoms with Crippen LogP contribution in [-0.4, -0.2) is 0 Å². The topological polar surface area (TPSA) is 9.23 Å². The summed E-state index contributed by atoms with van der Waals surface area (Å²) in [5.74, 6) is -0.136. The van der Waals surface area contributed by atoms with Crippen LogP contribution in [0.4, 0.5) is 13.2 Å². The van der Waals surface area contributed by atoms with E-state index in [9.17, 15) is 13.2 Å². The van der Waals surface area contributed by atoms with Gasteiger partial charge in [-0.2, -0.15) is 13.2 Å². The molecule has 0 saturated heterocycles. The van der Waals surface area contributed by atoms with Crippen molar-refractivity contribution in [2.45, 2.75) is 18.7 Å². The van der Waals surface area contributed by atoms with Gasteiger partial charge in [-0.25, -0.2) is 0 Å². The molecule has 0 aliphatic carbocycles. The van der Waals surface area contributed by atoms with Crippen LogP contribution in [0.2, 0.25) is 0 Å². The Labute approximate surface area is 117 Å². The van der Waals surface area contributed by atoms with Crippen LogP contribution < -0.4 is 4.74 Å². The summed E-state index contributed by atoms with van der Waals surface area (Å²) in [6.07, 6.45) is -4.45. The lowest BCUT2D eigenvalue weighted by Gasteiger charge is -2.14. The fourth-order valence-electron chi connectivity index (χ4n) is 1.55. The number of alkyl halides is 4. The third-order valence-corrected chi connectivity index (χ3v) is 3.61. The van der Waals surface area contributed by atoms with Crippen molar-refractivity contribution in [2.24, 2.45) is 0 Å². The van der Waals surface area contributed by atoms with E-state index in [2.05, 4.69) is 0 Å². The van der Waals surface area contributed by atoms with E-state index < -0.39 is 11.7 Å². The molecule has 0 radical (unpaired) electrons. The maximum atomic E-state index is 12.9. The van der Waals surface area contributed by atoms with Crippen molar-refractivity contribution in [3.05, 3.63) is 51.7 Å². The minimum absolute atomic E-state index is 0.0360. The van der Waals surface area contributed by atoms with Gasteiger partial charge in [-0.15, -0.1) is 22.9 Å². The number of rotatable bonds is 4. The van der Waals surface area contributed by atoms with Gasteiger partial charge in [0, 0.05) is 10.8 Å². The summed E-state index contributed by atoms with van der Waals surface area (Å²) in [5.41, 5.74) is -0.375. The van der Waals surface area contributed by atoms with E-state index in [0.717, 1.165) is 10.9 Å². The molecule has 0 atom stereocenters. The van der Waals surface area contributed by atoms with Crippen LogP contribution in [-0.2, 0) is 18.7 Å². The number of benzene rings is 1. The summed E-state index contributed by atoms with van der Waals surface area (Å²) >= 11 is 6.99. The molecular formula is C13H10ClF3OS. The highest BCUT2D eigenvalue weighted by Crippen LogP contribution is 2.37. The lowest BCUT2D eigenvalue weighted by molar-refractivity contribution is -0.139. The van der Waals surface area contributed by atoms with E-state index >= 15 is 0 Å². The molecule has 0 bridgehead atoms. The minimum Gasteiger partial charge on any atom is -0.487 e. The van der Waals surface area contributed by atoms with Gasteiger partial charge >= 0.3 is 6.18 Å². The van der Waals surface area contributed by atoms with Crippen LogP contribution >= 0.6 is 22.9 Å². The fourth-order valence-corrected chi connectivity index (χ4v) is 2.33. The maximum Gasteiger partial charge on any atom is 0.419 e. The first-order valence-electron chi connectivity index (χ1n) is 5.42. The van der Waals surface area contributed by atoms with E-state index in [0.29, 0.717) is 5.56 Å². The zero-order valence-electron chi connectivity index (χ0n) is 9.71. The zero-order chi connectivity index (χ0) is 13.9. The van der Waals surface area contributed by atoms with Gasteiger partial charge in [-0.1, -0.05) is 12.1 Å². The fraction of sp³-hybridized carbons (Fsp3) is 0.231. The standard InChI is InChI=1S/C13H10ClF3OS/c14-7-9-3-4-12(11(6-9)13(15,16)17)18-8-10-2-1-5-19-10/h1-6H,7-8H2. The lowest BCUT2D eigenvalue weighted by Crippen LogP contribution is -2.09. The molecule has 0 amide bonds. The monoisotopic (exact) mass is 306 g/mol. The van der Waals surface area contributed by atoms with Crippen molar-refractivity contribution in [3.8, 4) is 5.75 Å². The van der Waals surface area contributed by atoms with Crippen LogP contribution in [0.5, 0.6) is 5.75 Å². The largest absolute Gasteiger partial charge is 0.487 e. The molecule has 1 nitrogen and oxygen atoms in total. The number of hydrogen-bond acceptors (Lipinski definition) is 2. The highest BCUT2D eigenvalue weighted by Gasteiger charge is 2.34. The molecule has 102 valence electrons. The van der Waals surface area contributed by atoms with E-state index in [1.807, 2.05) is 17.5 Å². The zero-order valence-corrected chi connectivity index (χ0v) is 11.3. The average Bonchev–Trinajstić information content (AvgIpc) is 2.88. The molecule has 0 fully saturated rings. The van der Waals surface area contributed by atoms with Crippen molar-refractivity contribution in [1.82, 2.24) is 0 Å². The second-order valence-electron chi connectivity index (χ2n) is 3.83. The molecule has 0 unspecified atom stereocenters. The lowest BCUT2D eigenvalue weighted by atomic mass is 10.1.